The molecule has 2 aromatic rings. The highest BCUT2D eigenvalue weighted by atomic mass is 79.9. The van der Waals surface area contributed by atoms with E-state index >= 15 is 0 Å². The van der Waals surface area contributed by atoms with E-state index in [1.54, 1.807) is 0 Å². The molecule has 0 aliphatic rings. The Balaban J connectivity index is 2.48. The molecule has 0 aliphatic carbocycles. The maximum Gasteiger partial charge on any atom is 0.163 e. The Morgan fingerprint density at radius 2 is 2.00 bits per heavy atom. The standard InChI is InChI=1S/C14H17Br2N3/c1-9(2)8-19-13(7-15)17-18-14(19)11-4-5-12(16)10(3)6-11/h4-6,9H,7-8H2,1-3H3. The number of rotatable bonds is 4. The van der Waals surface area contributed by atoms with Crippen LogP contribution in [0.2, 0.25) is 0 Å². The van der Waals surface area contributed by atoms with Crippen molar-refractivity contribution < 1.29 is 0 Å². The second-order valence-corrected chi connectivity index (χ2v) is 6.46. The minimum Gasteiger partial charge on any atom is -0.310 e. The highest BCUT2D eigenvalue weighted by Crippen LogP contribution is 2.25. The minimum absolute atomic E-state index is 0.559. The van der Waals surface area contributed by atoms with Gasteiger partial charge in [0.05, 0.1) is 5.33 Å². The van der Waals surface area contributed by atoms with Crippen LogP contribution in [-0.4, -0.2) is 14.8 Å². The maximum absolute atomic E-state index is 4.35. The summed E-state index contributed by atoms with van der Waals surface area (Å²) < 4.78 is 3.31. The zero-order valence-electron chi connectivity index (χ0n) is 11.3. The molecule has 0 amide bonds. The van der Waals surface area contributed by atoms with Crippen molar-refractivity contribution in [2.75, 3.05) is 0 Å². The molecule has 0 spiro atoms. The summed E-state index contributed by atoms with van der Waals surface area (Å²) in [6, 6.07) is 6.28. The summed E-state index contributed by atoms with van der Waals surface area (Å²) in [5.74, 6) is 2.48. The van der Waals surface area contributed by atoms with Gasteiger partial charge >= 0.3 is 0 Å². The van der Waals surface area contributed by atoms with Crippen molar-refractivity contribution in [2.45, 2.75) is 32.6 Å². The average Bonchev–Trinajstić information content (AvgIpc) is 2.75. The van der Waals surface area contributed by atoms with Gasteiger partial charge in [-0.1, -0.05) is 51.8 Å². The highest BCUT2D eigenvalue weighted by Gasteiger charge is 2.14. The van der Waals surface area contributed by atoms with Gasteiger partial charge < -0.3 is 4.57 Å². The number of benzene rings is 1. The minimum atomic E-state index is 0.559. The van der Waals surface area contributed by atoms with E-state index in [-0.39, 0.29) is 0 Å². The van der Waals surface area contributed by atoms with Gasteiger partial charge in [-0.2, -0.15) is 0 Å². The van der Waals surface area contributed by atoms with Gasteiger partial charge in [-0.3, -0.25) is 0 Å². The Kier molecular flexibility index (Phi) is 4.79. The lowest BCUT2D eigenvalue weighted by molar-refractivity contribution is 0.516. The van der Waals surface area contributed by atoms with Crippen molar-refractivity contribution in [1.82, 2.24) is 14.8 Å². The molecule has 0 radical (unpaired) electrons. The largest absolute Gasteiger partial charge is 0.310 e. The summed E-state index contributed by atoms with van der Waals surface area (Å²) in [5, 5.41) is 9.34. The molecule has 0 N–H and O–H groups in total. The fourth-order valence-electron chi connectivity index (χ4n) is 1.99. The second kappa shape index (κ2) is 6.18. The Morgan fingerprint density at radius 3 is 2.58 bits per heavy atom. The first-order valence-corrected chi connectivity index (χ1v) is 8.19. The van der Waals surface area contributed by atoms with Gasteiger partial charge in [0, 0.05) is 16.6 Å². The van der Waals surface area contributed by atoms with E-state index < -0.39 is 0 Å². The number of hydrogen-bond acceptors (Lipinski definition) is 2. The molecule has 1 aromatic heterocycles. The highest BCUT2D eigenvalue weighted by molar-refractivity contribution is 9.10. The van der Waals surface area contributed by atoms with Gasteiger partial charge in [0.2, 0.25) is 0 Å². The normalized spacial score (nSPS) is 11.3. The summed E-state index contributed by atoms with van der Waals surface area (Å²) in [4.78, 5) is 0. The van der Waals surface area contributed by atoms with Gasteiger partial charge in [-0.25, -0.2) is 0 Å². The van der Waals surface area contributed by atoms with Crippen LogP contribution in [0.4, 0.5) is 0 Å². The number of aromatic nitrogens is 3. The molecule has 0 fully saturated rings. The van der Waals surface area contributed by atoms with E-state index in [1.165, 1.54) is 5.56 Å². The fourth-order valence-corrected chi connectivity index (χ4v) is 2.65. The summed E-state index contributed by atoms with van der Waals surface area (Å²) in [7, 11) is 0. The third-order valence-corrected chi connectivity index (χ3v) is 4.30. The Bertz CT molecular complexity index is 576. The molecule has 1 aromatic carbocycles. The molecule has 3 nitrogen and oxygen atoms in total. The van der Waals surface area contributed by atoms with Gasteiger partial charge in [0.25, 0.3) is 0 Å². The van der Waals surface area contributed by atoms with E-state index in [0.717, 1.165) is 33.6 Å². The topological polar surface area (TPSA) is 30.7 Å². The molecule has 0 atom stereocenters. The number of aryl methyl sites for hydroxylation is 1. The molecule has 2 rings (SSSR count). The van der Waals surface area contributed by atoms with Crippen LogP contribution in [0.15, 0.2) is 22.7 Å². The van der Waals surface area contributed by atoms with Gasteiger partial charge in [-0.05, 0) is 30.5 Å². The lowest BCUT2D eigenvalue weighted by Crippen LogP contribution is -2.09. The fraction of sp³-hybridized carbons (Fsp3) is 0.429. The molecular weight excluding hydrogens is 370 g/mol. The van der Waals surface area contributed by atoms with E-state index in [9.17, 15) is 0 Å². The second-order valence-electron chi connectivity index (χ2n) is 5.04. The Hall–Kier alpha value is -0.680. The maximum atomic E-state index is 4.35. The van der Waals surface area contributed by atoms with Crippen LogP contribution in [0.3, 0.4) is 0 Å². The molecule has 102 valence electrons. The Labute approximate surface area is 130 Å². The monoisotopic (exact) mass is 385 g/mol. The summed E-state index contributed by atoms with van der Waals surface area (Å²) >= 11 is 7.01. The predicted octanol–water partition coefficient (Wildman–Crippen LogP) is 4.57. The van der Waals surface area contributed by atoms with E-state index in [4.69, 9.17) is 0 Å². The smallest absolute Gasteiger partial charge is 0.163 e. The van der Waals surface area contributed by atoms with E-state index in [1.807, 2.05) is 0 Å². The van der Waals surface area contributed by atoms with E-state index in [2.05, 4.69) is 85.6 Å². The Morgan fingerprint density at radius 1 is 1.26 bits per heavy atom. The van der Waals surface area contributed by atoms with Crippen molar-refractivity contribution in [1.29, 1.82) is 0 Å². The van der Waals surface area contributed by atoms with Crippen LogP contribution in [0.5, 0.6) is 0 Å². The average molecular weight is 387 g/mol. The quantitative estimate of drug-likeness (QED) is 0.720. The number of nitrogens with zero attached hydrogens (tertiary/aromatic N) is 3. The first kappa shape index (κ1) is 14.7. The van der Waals surface area contributed by atoms with Crippen LogP contribution in [-0.2, 0) is 11.9 Å². The zero-order valence-corrected chi connectivity index (χ0v) is 14.5. The zero-order chi connectivity index (χ0) is 14.0. The number of halogens is 2. The third kappa shape index (κ3) is 3.26. The summed E-state index contributed by atoms with van der Waals surface area (Å²) in [5.41, 5.74) is 2.32. The van der Waals surface area contributed by atoms with Crippen molar-refractivity contribution in [3.63, 3.8) is 0 Å². The first-order chi connectivity index (χ1) is 9.02. The predicted molar refractivity (Wildman–Crippen MR) is 85.4 cm³/mol. The molecule has 0 bridgehead atoms. The lowest BCUT2D eigenvalue weighted by atomic mass is 10.1. The van der Waals surface area contributed by atoms with Crippen molar-refractivity contribution in [3.05, 3.63) is 34.1 Å². The summed E-state index contributed by atoms with van der Waals surface area (Å²) in [6.45, 7) is 7.42. The molecule has 0 aliphatic heterocycles. The van der Waals surface area contributed by atoms with Crippen molar-refractivity contribution in [3.8, 4) is 11.4 Å². The SMILES string of the molecule is Cc1cc(-c2nnc(CBr)n2CC(C)C)ccc1Br. The van der Waals surface area contributed by atoms with Crippen molar-refractivity contribution >= 4 is 31.9 Å². The molecule has 5 heteroatoms. The van der Waals surface area contributed by atoms with E-state index in [0.29, 0.717) is 5.92 Å². The van der Waals surface area contributed by atoms with Crippen LogP contribution in [0.1, 0.15) is 25.2 Å². The number of alkyl halides is 1. The lowest BCUT2D eigenvalue weighted by Gasteiger charge is -2.12. The first-order valence-electron chi connectivity index (χ1n) is 6.27. The summed E-state index contributed by atoms with van der Waals surface area (Å²) in [6.07, 6.45) is 0. The van der Waals surface area contributed by atoms with Crippen LogP contribution < -0.4 is 0 Å². The molecule has 0 unspecified atom stereocenters. The molecular formula is C14H17Br2N3. The van der Waals surface area contributed by atoms with Gasteiger partial charge in [0.15, 0.2) is 5.82 Å². The molecule has 19 heavy (non-hydrogen) atoms. The number of hydrogen-bond donors (Lipinski definition) is 0. The molecule has 1 heterocycles. The van der Waals surface area contributed by atoms with Crippen LogP contribution in [0, 0.1) is 12.8 Å². The van der Waals surface area contributed by atoms with Crippen LogP contribution in [0.25, 0.3) is 11.4 Å². The molecule has 0 saturated heterocycles. The van der Waals surface area contributed by atoms with Gasteiger partial charge in [0.1, 0.15) is 5.82 Å². The molecule has 0 saturated carbocycles. The van der Waals surface area contributed by atoms with Crippen molar-refractivity contribution in [2.24, 2.45) is 5.92 Å². The van der Waals surface area contributed by atoms with Crippen LogP contribution >= 0.6 is 31.9 Å². The third-order valence-electron chi connectivity index (χ3n) is 2.91. The van der Waals surface area contributed by atoms with Gasteiger partial charge in [-0.15, -0.1) is 10.2 Å².